The number of hydrogen-bond donors (Lipinski definition) is 0. The van der Waals surface area contributed by atoms with Gasteiger partial charge in [-0.1, -0.05) is 17.3 Å². The Morgan fingerprint density at radius 2 is 1.93 bits per heavy atom. The second-order valence-electron chi connectivity index (χ2n) is 6.74. The van der Waals surface area contributed by atoms with Crippen LogP contribution in [0.1, 0.15) is 22.5 Å². The zero-order valence-corrected chi connectivity index (χ0v) is 17.1. The van der Waals surface area contributed by atoms with Gasteiger partial charge in [-0.15, -0.1) is 0 Å². The van der Waals surface area contributed by atoms with E-state index in [-0.39, 0.29) is 12.4 Å². The van der Waals surface area contributed by atoms with Gasteiger partial charge in [-0.3, -0.25) is 4.31 Å². The highest BCUT2D eigenvalue weighted by molar-refractivity contribution is 7.93. The molecule has 0 radical (unpaired) electrons. The molecular weight excluding hydrogens is 408 g/mol. The SMILES string of the molecule is COc1ccccc1-c1cc(COC(=O)c2ccc(N3CCCS3(=O)=O)cc2)on1. The number of aromatic nitrogens is 1. The van der Waals surface area contributed by atoms with E-state index in [4.69, 9.17) is 14.0 Å². The number of para-hydroxylation sites is 1. The Bertz CT molecular complexity index is 1150. The van der Waals surface area contributed by atoms with Crippen LogP contribution in [0.15, 0.2) is 59.1 Å². The van der Waals surface area contributed by atoms with Gasteiger partial charge in [-0.2, -0.15) is 0 Å². The van der Waals surface area contributed by atoms with Gasteiger partial charge in [0.05, 0.1) is 24.1 Å². The third-order valence-corrected chi connectivity index (χ3v) is 6.65. The number of esters is 1. The van der Waals surface area contributed by atoms with E-state index in [2.05, 4.69) is 5.16 Å². The maximum atomic E-state index is 12.3. The van der Waals surface area contributed by atoms with Crippen molar-refractivity contribution in [2.75, 3.05) is 23.7 Å². The van der Waals surface area contributed by atoms with E-state index in [0.29, 0.717) is 41.4 Å². The minimum absolute atomic E-state index is 0.0801. The zero-order chi connectivity index (χ0) is 21.1. The maximum absolute atomic E-state index is 12.3. The van der Waals surface area contributed by atoms with Gasteiger partial charge < -0.3 is 14.0 Å². The average molecular weight is 428 g/mol. The molecule has 0 unspecified atom stereocenters. The van der Waals surface area contributed by atoms with Gasteiger partial charge in [0.2, 0.25) is 10.0 Å². The molecule has 4 rings (SSSR count). The molecule has 1 aromatic heterocycles. The quantitative estimate of drug-likeness (QED) is 0.556. The molecule has 0 amide bonds. The fourth-order valence-electron chi connectivity index (χ4n) is 3.28. The number of rotatable bonds is 6. The monoisotopic (exact) mass is 428 g/mol. The number of sulfonamides is 1. The minimum atomic E-state index is -3.26. The number of carbonyl (C=O) groups excluding carboxylic acids is 1. The lowest BCUT2D eigenvalue weighted by molar-refractivity contribution is 0.0437. The molecule has 8 nitrogen and oxygen atoms in total. The van der Waals surface area contributed by atoms with Crippen LogP contribution in [0.3, 0.4) is 0 Å². The molecule has 1 aliphatic rings. The summed E-state index contributed by atoms with van der Waals surface area (Å²) < 4.78 is 41.2. The third kappa shape index (κ3) is 4.02. The smallest absolute Gasteiger partial charge is 0.338 e. The first-order valence-electron chi connectivity index (χ1n) is 9.34. The molecule has 156 valence electrons. The van der Waals surface area contributed by atoms with Crippen LogP contribution in [0.4, 0.5) is 5.69 Å². The molecule has 9 heteroatoms. The van der Waals surface area contributed by atoms with E-state index in [0.717, 1.165) is 5.56 Å². The van der Waals surface area contributed by atoms with Gasteiger partial charge in [0.25, 0.3) is 0 Å². The number of nitrogens with zero attached hydrogens (tertiary/aromatic N) is 2. The van der Waals surface area contributed by atoms with Crippen molar-refractivity contribution in [1.29, 1.82) is 0 Å². The van der Waals surface area contributed by atoms with Gasteiger partial charge >= 0.3 is 5.97 Å². The lowest BCUT2D eigenvalue weighted by Gasteiger charge is -2.16. The van der Waals surface area contributed by atoms with E-state index < -0.39 is 16.0 Å². The molecule has 1 saturated heterocycles. The summed E-state index contributed by atoms with van der Waals surface area (Å²) in [5.41, 5.74) is 2.21. The fourth-order valence-corrected chi connectivity index (χ4v) is 4.84. The van der Waals surface area contributed by atoms with E-state index in [9.17, 15) is 13.2 Å². The molecule has 3 aromatic rings. The highest BCUT2D eigenvalue weighted by Crippen LogP contribution is 2.29. The van der Waals surface area contributed by atoms with Crippen LogP contribution >= 0.6 is 0 Å². The van der Waals surface area contributed by atoms with Crippen molar-refractivity contribution >= 4 is 21.7 Å². The van der Waals surface area contributed by atoms with Crippen molar-refractivity contribution in [3.8, 4) is 17.0 Å². The number of anilines is 1. The third-order valence-electron chi connectivity index (χ3n) is 4.78. The molecule has 2 aromatic carbocycles. The normalized spacial score (nSPS) is 15.2. The Labute approximate surface area is 174 Å². The first-order valence-corrected chi connectivity index (χ1v) is 11.0. The second-order valence-corrected chi connectivity index (χ2v) is 8.76. The van der Waals surface area contributed by atoms with Crippen molar-refractivity contribution in [3.05, 3.63) is 65.9 Å². The lowest BCUT2D eigenvalue weighted by Crippen LogP contribution is -2.25. The van der Waals surface area contributed by atoms with Gasteiger partial charge in [0.1, 0.15) is 11.4 Å². The van der Waals surface area contributed by atoms with Crippen molar-refractivity contribution in [2.45, 2.75) is 13.0 Å². The number of hydrogen-bond acceptors (Lipinski definition) is 7. The molecule has 0 aliphatic carbocycles. The second kappa shape index (κ2) is 8.19. The number of carbonyl (C=O) groups is 1. The highest BCUT2D eigenvalue weighted by atomic mass is 32.2. The van der Waals surface area contributed by atoms with Crippen molar-refractivity contribution < 1.29 is 27.2 Å². The predicted octanol–water partition coefficient (Wildman–Crippen LogP) is 3.25. The Balaban J connectivity index is 1.40. The van der Waals surface area contributed by atoms with Gasteiger partial charge in [-0.05, 0) is 42.8 Å². The van der Waals surface area contributed by atoms with Crippen molar-refractivity contribution in [2.24, 2.45) is 0 Å². The molecule has 0 bridgehead atoms. The van der Waals surface area contributed by atoms with Crippen molar-refractivity contribution in [3.63, 3.8) is 0 Å². The van der Waals surface area contributed by atoms with E-state index >= 15 is 0 Å². The summed E-state index contributed by atoms with van der Waals surface area (Å²) in [6.07, 6.45) is 0.597. The predicted molar refractivity (Wildman–Crippen MR) is 110 cm³/mol. The first kappa shape index (κ1) is 20.0. The summed E-state index contributed by atoms with van der Waals surface area (Å²) in [6, 6.07) is 15.4. The van der Waals surface area contributed by atoms with Crippen LogP contribution in [0, 0.1) is 0 Å². The van der Waals surface area contributed by atoms with Gasteiger partial charge in [0, 0.05) is 18.2 Å². The van der Waals surface area contributed by atoms with Crippen LogP contribution < -0.4 is 9.04 Å². The summed E-state index contributed by atoms with van der Waals surface area (Å²) in [7, 11) is -1.68. The van der Waals surface area contributed by atoms with Crippen LogP contribution in [-0.4, -0.2) is 39.0 Å². The van der Waals surface area contributed by atoms with E-state index in [1.807, 2.05) is 24.3 Å². The summed E-state index contributed by atoms with van der Waals surface area (Å²) in [4.78, 5) is 12.3. The molecular formula is C21H20N2O6S. The summed E-state index contributed by atoms with van der Waals surface area (Å²) in [6.45, 7) is 0.370. The Morgan fingerprint density at radius 1 is 1.17 bits per heavy atom. The first-order chi connectivity index (χ1) is 14.5. The summed E-state index contributed by atoms with van der Waals surface area (Å²) >= 11 is 0. The van der Waals surface area contributed by atoms with Gasteiger partial charge in [0.15, 0.2) is 12.4 Å². The standard InChI is InChI=1S/C21H20N2O6S/c1-27-20-6-3-2-5-18(20)19-13-17(29-22-19)14-28-21(24)15-7-9-16(10-8-15)23-11-4-12-30(23,25)26/h2-3,5-10,13H,4,11-12,14H2,1H3. The van der Waals surface area contributed by atoms with Crippen LogP contribution in [-0.2, 0) is 21.4 Å². The molecule has 0 N–H and O–H groups in total. The molecule has 0 atom stereocenters. The Morgan fingerprint density at radius 3 is 2.63 bits per heavy atom. The fraction of sp³-hybridized carbons (Fsp3) is 0.238. The Hall–Kier alpha value is -3.33. The average Bonchev–Trinajstić information content (AvgIpc) is 3.38. The lowest BCUT2D eigenvalue weighted by atomic mass is 10.1. The van der Waals surface area contributed by atoms with E-state index in [1.165, 1.54) is 4.31 Å². The molecule has 30 heavy (non-hydrogen) atoms. The Kier molecular flexibility index (Phi) is 5.45. The number of methoxy groups -OCH3 is 1. The molecule has 0 spiro atoms. The highest BCUT2D eigenvalue weighted by Gasteiger charge is 2.28. The number of benzene rings is 2. The largest absolute Gasteiger partial charge is 0.496 e. The van der Waals surface area contributed by atoms with Crippen LogP contribution in [0.2, 0.25) is 0 Å². The zero-order valence-electron chi connectivity index (χ0n) is 16.3. The minimum Gasteiger partial charge on any atom is -0.496 e. The maximum Gasteiger partial charge on any atom is 0.338 e. The molecule has 1 fully saturated rings. The molecule has 1 aliphatic heterocycles. The summed E-state index contributed by atoms with van der Waals surface area (Å²) in [5.74, 6) is 0.657. The van der Waals surface area contributed by atoms with Gasteiger partial charge in [-0.25, -0.2) is 13.2 Å². The van der Waals surface area contributed by atoms with Crippen LogP contribution in [0.25, 0.3) is 11.3 Å². The van der Waals surface area contributed by atoms with Crippen molar-refractivity contribution in [1.82, 2.24) is 5.16 Å². The molecule has 2 heterocycles. The molecule has 0 saturated carbocycles. The summed E-state index contributed by atoms with van der Waals surface area (Å²) in [5, 5.41) is 4.01. The van der Waals surface area contributed by atoms with E-state index in [1.54, 1.807) is 37.4 Å². The number of ether oxygens (including phenoxy) is 2. The van der Waals surface area contributed by atoms with Crippen LogP contribution in [0.5, 0.6) is 5.75 Å². The topological polar surface area (TPSA) is 98.9 Å².